The van der Waals surface area contributed by atoms with Crippen LogP contribution in [0.3, 0.4) is 0 Å². The van der Waals surface area contributed by atoms with Gasteiger partial charge < -0.3 is 4.90 Å². The quantitative estimate of drug-likeness (QED) is 0.418. The van der Waals surface area contributed by atoms with E-state index < -0.39 is 0 Å². The lowest BCUT2D eigenvalue weighted by molar-refractivity contribution is 0.474. The number of hydrogen-bond donors (Lipinski definition) is 0. The lowest BCUT2D eigenvalue weighted by Crippen LogP contribution is -2.12. The van der Waals surface area contributed by atoms with Gasteiger partial charge in [0.2, 0.25) is 0 Å². The first kappa shape index (κ1) is 5.50. The van der Waals surface area contributed by atoms with Crippen molar-refractivity contribution in [2.45, 2.75) is 13.3 Å². The smallest absolute Gasteiger partial charge is 0.0286 e. The van der Waals surface area contributed by atoms with Gasteiger partial charge in [-0.15, -0.1) is 0 Å². The second-order valence-electron chi connectivity index (χ2n) is 2.47. The second kappa shape index (κ2) is 2.09. The van der Waals surface area contributed by atoms with Gasteiger partial charge in [-0.2, -0.15) is 0 Å². The first-order valence-corrected chi connectivity index (χ1v) is 3.04. The highest BCUT2D eigenvalue weighted by Crippen LogP contribution is 2.12. The molecule has 0 aromatic carbocycles. The molecule has 0 bridgehead atoms. The fourth-order valence-electron chi connectivity index (χ4n) is 1.05. The van der Waals surface area contributed by atoms with Crippen molar-refractivity contribution in [1.29, 1.82) is 0 Å². The molecule has 1 heteroatoms. The summed E-state index contributed by atoms with van der Waals surface area (Å²) in [6.45, 7) is 4.42. The summed E-state index contributed by atoms with van der Waals surface area (Å²) in [5.41, 5.74) is 0. The second-order valence-corrected chi connectivity index (χ2v) is 2.47. The predicted molar refractivity (Wildman–Crippen MR) is 34.2 cm³/mol. The average molecular weight is 109 g/mol. The van der Waals surface area contributed by atoms with Crippen LogP contribution in [0.1, 0.15) is 13.3 Å². The molecular weight excluding hydrogens is 98.1 g/mol. The van der Waals surface area contributed by atoms with E-state index in [2.05, 4.69) is 13.0 Å². The summed E-state index contributed by atoms with van der Waals surface area (Å²) in [6.07, 6.45) is 6.44. The molecule has 0 amide bonds. The standard InChI is InChI=1S/C7H11N/c1-3-8-5-4-7(2)6-8/h1,7H,4-6H2,2H3. The van der Waals surface area contributed by atoms with Crippen molar-refractivity contribution in [3.05, 3.63) is 0 Å². The zero-order chi connectivity index (χ0) is 5.98. The first-order chi connectivity index (χ1) is 3.83. The molecule has 0 aliphatic carbocycles. The van der Waals surface area contributed by atoms with Crippen LogP contribution in [0.15, 0.2) is 0 Å². The summed E-state index contributed by atoms with van der Waals surface area (Å²) in [5, 5.41) is 0. The predicted octanol–water partition coefficient (Wildman–Crippen LogP) is 0.919. The molecule has 1 aliphatic heterocycles. The van der Waals surface area contributed by atoms with Gasteiger partial charge in [0.25, 0.3) is 0 Å². The Bertz CT molecular complexity index is 112. The van der Waals surface area contributed by atoms with Crippen molar-refractivity contribution < 1.29 is 0 Å². The highest BCUT2D eigenvalue weighted by molar-refractivity contribution is 4.89. The third kappa shape index (κ3) is 0.949. The summed E-state index contributed by atoms with van der Waals surface area (Å²) in [7, 11) is 0. The molecule has 1 atom stereocenters. The maximum Gasteiger partial charge on any atom is 0.0286 e. The van der Waals surface area contributed by atoms with Crippen LogP contribution in [0.4, 0.5) is 0 Å². The van der Waals surface area contributed by atoms with E-state index in [9.17, 15) is 0 Å². The molecule has 1 unspecified atom stereocenters. The lowest BCUT2D eigenvalue weighted by atomic mass is 10.2. The van der Waals surface area contributed by atoms with Gasteiger partial charge >= 0.3 is 0 Å². The Hall–Kier alpha value is -0.640. The maximum atomic E-state index is 5.17. The third-order valence-electron chi connectivity index (χ3n) is 1.61. The van der Waals surface area contributed by atoms with Crippen LogP contribution in [-0.2, 0) is 0 Å². The minimum absolute atomic E-state index is 0.811. The topological polar surface area (TPSA) is 3.24 Å². The van der Waals surface area contributed by atoms with Gasteiger partial charge in [-0.25, -0.2) is 0 Å². The van der Waals surface area contributed by atoms with Crippen molar-refractivity contribution in [3.8, 4) is 12.5 Å². The van der Waals surface area contributed by atoms with Gasteiger partial charge in [-0.1, -0.05) is 13.3 Å². The Labute approximate surface area is 50.7 Å². The molecule has 0 radical (unpaired) electrons. The Morgan fingerprint density at radius 3 is 2.75 bits per heavy atom. The monoisotopic (exact) mass is 109 g/mol. The number of nitrogens with zero attached hydrogens (tertiary/aromatic N) is 1. The molecule has 1 saturated heterocycles. The number of terminal acetylenes is 1. The van der Waals surface area contributed by atoms with Crippen LogP contribution in [-0.4, -0.2) is 18.0 Å². The summed E-state index contributed by atoms with van der Waals surface area (Å²) in [6, 6.07) is 2.63. The van der Waals surface area contributed by atoms with E-state index in [0.717, 1.165) is 19.0 Å². The van der Waals surface area contributed by atoms with Gasteiger partial charge in [-0.3, -0.25) is 0 Å². The lowest BCUT2D eigenvalue weighted by Gasteiger charge is -2.05. The number of likely N-dealkylation sites (tertiary alicyclic amines) is 1. The van der Waals surface area contributed by atoms with E-state index in [1.165, 1.54) is 6.42 Å². The minimum atomic E-state index is 0.811. The molecule has 0 spiro atoms. The Morgan fingerprint density at radius 1 is 1.75 bits per heavy atom. The van der Waals surface area contributed by atoms with E-state index in [4.69, 9.17) is 6.42 Å². The Balaban J connectivity index is 2.35. The van der Waals surface area contributed by atoms with Crippen molar-refractivity contribution in [1.82, 2.24) is 4.90 Å². The highest BCUT2D eigenvalue weighted by Gasteiger charge is 2.14. The highest BCUT2D eigenvalue weighted by atomic mass is 15.1. The Kier molecular flexibility index (Phi) is 1.43. The molecule has 0 aromatic rings. The third-order valence-corrected chi connectivity index (χ3v) is 1.61. The van der Waals surface area contributed by atoms with Crippen LogP contribution in [0, 0.1) is 18.4 Å². The zero-order valence-corrected chi connectivity index (χ0v) is 5.22. The summed E-state index contributed by atoms with van der Waals surface area (Å²) < 4.78 is 0. The largest absolute Gasteiger partial charge is 0.333 e. The molecule has 0 saturated carbocycles. The average Bonchev–Trinajstić information content (AvgIpc) is 2.14. The molecule has 0 N–H and O–H groups in total. The normalized spacial score (nSPS) is 28.0. The van der Waals surface area contributed by atoms with E-state index in [1.807, 2.05) is 4.90 Å². The van der Waals surface area contributed by atoms with Crippen LogP contribution < -0.4 is 0 Å². The van der Waals surface area contributed by atoms with Crippen LogP contribution in [0.25, 0.3) is 0 Å². The van der Waals surface area contributed by atoms with E-state index >= 15 is 0 Å². The van der Waals surface area contributed by atoms with E-state index in [-0.39, 0.29) is 0 Å². The zero-order valence-electron chi connectivity index (χ0n) is 5.22. The van der Waals surface area contributed by atoms with Crippen molar-refractivity contribution in [3.63, 3.8) is 0 Å². The fourth-order valence-corrected chi connectivity index (χ4v) is 1.05. The maximum absolute atomic E-state index is 5.17. The molecule has 1 fully saturated rings. The van der Waals surface area contributed by atoms with Crippen LogP contribution >= 0.6 is 0 Å². The molecule has 8 heavy (non-hydrogen) atoms. The number of hydrogen-bond acceptors (Lipinski definition) is 1. The van der Waals surface area contributed by atoms with Gasteiger partial charge in [-0.05, 0) is 12.3 Å². The summed E-state index contributed by atoms with van der Waals surface area (Å²) in [4.78, 5) is 2.03. The van der Waals surface area contributed by atoms with Gasteiger partial charge in [0.15, 0.2) is 0 Å². The van der Waals surface area contributed by atoms with Crippen molar-refractivity contribution in [2.75, 3.05) is 13.1 Å². The number of rotatable bonds is 0. The molecule has 1 nitrogen and oxygen atoms in total. The first-order valence-electron chi connectivity index (χ1n) is 3.04. The van der Waals surface area contributed by atoms with Gasteiger partial charge in [0, 0.05) is 19.1 Å². The van der Waals surface area contributed by atoms with Crippen LogP contribution in [0.2, 0.25) is 0 Å². The van der Waals surface area contributed by atoms with Crippen LogP contribution in [0.5, 0.6) is 0 Å². The van der Waals surface area contributed by atoms with Gasteiger partial charge in [0.05, 0.1) is 0 Å². The molecule has 1 rings (SSSR count). The molecule has 1 aliphatic rings. The fraction of sp³-hybridized carbons (Fsp3) is 0.714. The van der Waals surface area contributed by atoms with Crippen molar-refractivity contribution >= 4 is 0 Å². The molecule has 1 heterocycles. The molecular formula is C7H11N. The minimum Gasteiger partial charge on any atom is -0.333 e. The summed E-state index contributed by atoms with van der Waals surface area (Å²) in [5.74, 6) is 0.811. The van der Waals surface area contributed by atoms with E-state index in [0.29, 0.717) is 0 Å². The SMILES string of the molecule is C#CN1CCC(C)C1. The van der Waals surface area contributed by atoms with E-state index in [1.54, 1.807) is 0 Å². The molecule has 44 valence electrons. The summed E-state index contributed by atoms with van der Waals surface area (Å²) >= 11 is 0. The van der Waals surface area contributed by atoms with Gasteiger partial charge in [0.1, 0.15) is 0 Å². The van der Waals surface area contributed by atoms with Crippen molar-refractivity contribution in [2.24, 2.45) is 5.92 Å². The molecule has 0 aromatic heterocycles. The Morgan fingerprint density at radius 2 is 2.50 bits per heavy atom.